The summed E-state index contributed by atoms with van der Waals surface area (Å²) < 4.78 is 0. The van der Waals surface area contributed by atoms with Gasteiger partial charge >= 0.3 is 0 Å². The molecule has 1 atom stereocenters. The highest BCUT2D eigenvalue weighted by molar-refractivity contribution is 6.30. The molecule has 2 aliphatic heterocycles. The fourth-order valence-corrected chi connectivity index (χ4v) is 4.18. The highest BCUT2D eigenvalue weighted by atomic mass is 35.5. The zero-order valence-electron chi connectivity index (χ0n) is 13.3. The van der Waals surface area contributed by atoms with Crippen LogP contribution in [0.25, 0.3) is 0 Å². The summed E-state index contributed by atoms with van der Waals surface area (Å²) in [6.07, 6.45) is 3.65. The lowest BCUT2D eigenvalue weighted by Crippen LogP contribution is -2.39. The molecule has 0 radical (unpaired) electrons. The highest BCUT2D eigenvalue weighted by Crippen LogP contribution is 2.32. The van der Waals surface area contributed by atoms with Crippen molar-refractivity contribution in [1.29, 1.82) is 0 Å². The number of piperidine rings is 1. The molecule has 0 bridgehead atoms. The fourth-order valence-electron chi connectivity index (χ4n) is 3.97. The molecule has 2 saturated heterocycles. The largest absolute Gasteiger partial charge is 0.343 e. The lowest BCUT2D eigenvalue weighted by Gasteiger charge is -2.34. The first-order valence-corrected chi connectivity index (χ1v) is 8.72. The van der Waals surface area contributed by atoms with Crippen LogP contribution in [0.1, 0.15) is 31.7 Å². The number of carbonyl (C=O) groups excluding carboxylic acids is 1. The Morgan fingerprint density at radius 2 is 1.91 bits per heavy atom. The van der Waals surface area contributed by atoms with Crippen LogP contribution in [-0.2, 0) is 11.3 Å². The maximum atomic E-state index is 11.4. The molecule has 2 heterocycles. The van der Waals surface area contributed by atoms with Gasteiger partial charge in [-0.25, -0.2) is 0 Å². The number of rotatable bonds is 3. The molecule has 4 heteroatoms. The van der Waals surface area contributed by atoms with Crippen molar-refractivity contribution in [1.82, 2.24) is 9.80 Å². The van der Waals surface area contributed by atoms with E-state index in [0.717, 1.165) is 36.5 Å². The van der Waals surface area contributed by atoms with Gasteiger partial charge in [0.2, 0.25) is 5.91 Å². The molecule has 2 aliphatic rings. The molecular weight excluding hydrogens is 296 g/mol. The van der Waals surface area contributed by atoms with Crippen molar-refractivity contribution in [2.75, 3.05) is 26.2 Å². The van der Waals surface area contributed by atoms with E-state index in [4.69, 9.17) is 11.6 Å². The fraction of sp³-hybridized carbons (Fsp3) is 0.611. The summed E-state index contributed by atoms with van der Waals surface area (Å²) in [6.45, 7) is 6.96. The molecule has 3 rings (SSSR count). The van der Waals surface area contributed by atoms with E-state index in [1.807, 2.05) is 17.0 Å². The minimum atomic E-state index is 0.229. The van der Waals surface area contributed by atoms with Gasteiger partial charge in [0.05, 0.1) is 0 Å². The summed E-state index contributed by atoms with van der Waals surface area (Å²) in [5, 5.41) is 0.824. The zero-order valence-corrected chi connectivity index (χ0v) is 14.1. The first kappa shape index (κ1) is 15.8. The molecular formula is C18H25ClN2O. The van der Waals surface area contributed by atoms with E-state index in [0.29, 0.717) is 0 Å². The molecule has 1 amide bonds. The van der Waals surface area contributed by atoms with Gasteiger partial charge < -0.3 is 4.90 Å². The summed E-state index contributed by atoms with van der Waals surface area (Å²) in [6, 6.07) is 8.19. The van der Waals surface area contributed by atoms with Crippen LogP contribution in [0.5, 0.6) is 0 Å². The van der Waals surface area contributed by atoms with Crippen LogP contribution in [0.2, 0.25) is 5.02 Å². The number of nitrogens with zero attached hydrogens (tertiary/aromatic N) is 2. The first-order valence-electron chi connectivity index (χ1n) is 8.34. The number of likely N-dealkylation sites (tertiary alicyclic amines) is 2. The van der Waals surface area contributed by atoms with Crippen molar-refractivity contribution in [2.45, 2.75) is 32.7 Å². The second-order valence-electron chi connectivity index (χ2n) is 6.76. The Labute approximate surface area is 138 Å². The van der Waals surface area contributed by atoms with E-state index < -0.39 is 0 Å². The zero-order chi connectivity index (χ0) is 15.5. The van der Waals surface area contributed by atoms with E-state index in [9.17, 15) is 4.79 Å². The number of amides is 1. The number of hydrogen-bond donors (Lipinski definition) is 0. The smallest absolute Gasteiger partial charge is 0.219 e. The average molecular weight is 321 g/mol. The Hall–Kier alpha value is -1.06. The number of carbonyl (C=O) groups is 1. The Kier molecular flexibility index (Phi) is 5.04. The van der Waals surface area contributed by atoms with Gasteiger partial charge in [-0.3, -0.25) is 9.69 Å². The van der Waals surface area contributed by atoms with E-state index >= 15 is 0 Å². The minimum absolute atomic E-state index is 0.229. The molecule has 0 spiro atoms. The van der Waals surface area contributed by atoms with Crippen molar-refractivity contribution < 1.29 is 4.79 Å². The molecule has 120 valence electrons. The summed E-state index contributed by atoms with van der Waals surface area (Å²) in [7, 11) is 0. The van der Waals surface area contributed by atoms with Crippen LogP contribution in [0.4, 0.5) is 0 Å². The second-order valence-corrected chi connectivity index (χ2v) is 7.19. The van der Waals surface area contributed by atoms with Crippen LogP contribution >= 0.6 is 11.6 Å². The van der Waals surface area contributed by atoms with Gasteiger partial charge in [0, 0.05) is 38.1 Å². The monoisotopic (exact) mass is 320 g/mol. The predicted octanol–water partition coefficient (Wildman–Crippen LogP) is 3.42. The summed E-state index contributed by atoms with van der Waals surface area (Å²) in [5.41, 5.74) is 1.31. The van der Waals surface area contributed by atoms with Gasteiger partial charge in [-0.2, -0.15) is 0 Å². The third-order valence-corrected chi connectivity index (χ3v) is 5.49. The molecule has 2 fully saturated rings. The Morgan fingerprint density at radius 1 is 1.18 bits per heavy atom. The maximum Gasteiger partial charge on any atom is 0.219 e. The van der Waals surface area contributed by atoms with Crippen molar-refractivity contribution in [3.8, 4) is 0 Å². The van der Waals surface area contributed by atoms with Crippen LogP contribution in [0, 0.1) is 11.8 Å². The third-order valence-electron chi connectivity index (χ3n) is 5.26. The quantitative estimate of drug-likeness (QED) is 0.852. The molecule has 3 nitrogen and oxygen atoms in total. The van der Waals surface area contributed by atoms with Crippen LogP contribution in [-0.4, -0.2) is 41.9 Å². The van der Waals surface area contributed by atoms with Gasteiger partial charge in [0.25, 0.3) is 0 Å². The molecule has 0 aliphatic carbocycles. The van der Waals surface area contributed by atoms with Crippen molar-refractivity contribution in [3.05, 3.63) is 34.9 Å². The van der Waals surface area contributed by atoms with Gasteiger partial charge in [-0.1, -0.05) is 23.7 Å². The van der Waals surface area contributed by atoms with Crippen LogP contribution in [0.3, 0.4) is 0 Å². The SMILES string of the molecule is CC(=O)N1CCC(C2CCN(Cc3cccc(Cl)c3)C2)CC1. The van der Waals surface area contributed by atoms with Gasteiger partial charge in [0.15, 0.2) is 0 Å². The van der Waals surface area contributed by atoms with Crippen LogP contribution in [0.15, 0.2) is 24.3 Å². The van der Waals surface area contributed by atoms with Gasteiger partial charge in [0.1, 0.15) is 0 Å². The summed E-state index contributed by atoms with van der Waals surface area (Å²) >= 11 is 6.07. The van der Waals surface area contributed by atoms with E-state index in [-0.39, 0.29) is 5.91 Å². The van der Waals surface area contributed by atoms with Gasteiger partial charge in [-0.05, 0) is 55.3 Å². The summed E-state index contributed by atoms with van der Waals surface area (Å²) in [4.78, 5) is 16.0. The molecule has 0 saturated carbocycles. The number of halogens is 1. The van der Waals surface area contributed by atoms with E-state index in [2.05, 4.69) is 17.0 Å². The number of benzene rings is 1. The molecule has 22 heavy (non-hydrogen) atoms. The summed E-state index contributed by atoms with van der Waals surface area (Å²) in [5.74, 6) is 1.82. The maximum absolute atomic E-state index is 11.4. The third kappa shape index (κ3) is 3.82. The average Bonchev–Trinajstić information content (AvgIpc) is 2.96. The lowest BCUT2D eigenvalue weighted by atomic mass is 9.84. The van der Waals surface area contributed by atoms with Gasteiger partial charge in [-0.15, -0.1) is 0 Å². The lowest BCUT2D eigenvalue weighted by molar-refractivity contribution is -0.130. The highest BCUT2D eigenvalue weighted by Gasteiger charge is 2.32. The molecule has 1 unspecified atom stereocenters. The first-order chi connectivity index (χ1) is 10.6. The van der Waals surface area contributed by atoms with E-state index in [1.165, 1.54) is 37.9 Å². The van der Waals surface area contributed by atoms with Crippen molar-refractivity contribution in [2.24, 2.45) is 11.8 Å². The normalized spacial score (nSPS) is 23.9. The minimum Gasteiger partial charge on any atom is -0.343 e. The van der Waals surface area contributed by atoms with Crippen molar-refractivity contribution in [3.63, 3.8) is 0 Å². The molecule has 1 aromatic rings. The molecule has 1 aromatic carbocycles. The standard InChI is InChI=1S/C18H25ClN2O/c1-14(22)21-9-6-16(7-10-21)17-5-8-20(13-17)12-15-3-2-4-18(19)11-15/h2-4,11,16-17H,5-10,12-13H2,1H3. The Bertz CT molecular complexity index is 526. The van der Waals surface area contributed by atoms with Crippen LogP contribution < -0.4 is 0 Å². The second kappa shape index (κ2) is 7.01. The number of hydrogen-bond acceptors (Lipinski definition) is 2. The van der Waals surface area contributed by atoms with Crippen molar-refractivity contribution >= 4 is 17.5 Å². The molecule has 0 aromatic heterocycles. The topological polar surface area (TPSA) is 23.6 Å². The molecule has 0 N–H and O–H groups in total. The Balaban J connectivity index is 1.49. The predicted molar refractivity (Wildman–Crippen MR) is 89.8 cm³/mol. The Morgan fingerprint density at radius 3 is 2.59 bits per heavy atom. The van der Waals surface area contributed by atoms with E-state index in [1.54, 1.807) is 6.92 Å².